The van der Waals surface area contributed by atoms with Crippen LogP contribution in [0, 0.1) is 17.0 Å². The number of amides is 1. The van der Waals surface area contributed by atoms with Crippen molar-refractivity contribution in [2.24, 2.45) is 5.10 Å². The molecule has 1 N–H and O–H groups in total. The van der Waals surface area contributed by atoms with Gasteiger partial charge in [-0.05, 0) is 30.7 Å². The number of para-hydroxylation sites is 1. The Morgan fingerprint density at radius 1 is 1.12 bits per heavy atom. The van der Waals surface area contributed by atoms with Crippen molar-refractivity contribution in [3.8, 4) is 0 Å². The molecule has 4 rings (SSSR count). The molecule has 7 nitrogen and oxygen atoms in total. The Hall–Kier alpha value is -3.97. The van der Waals surface area contributed by atoms with Gasteiger partial charge in [-0.1, -0.05) is 54.1 Å². The maximum absolute atomic E-state index is 12.4. The zero-order valence-corrected chi connectivity index (χ0v) is 17.9. The summed E-state index contributed by atoms with van der Waals surface area (Å²) in [7, 11) is 0. The molecule has 0 aliphatic rings. The molecule has 0 bridgehead atoms. The highest BCUT2D eigenvalue weighted by Gasteiger charge is 2.14. The normalized spacial score (nSPS) is 11.2. The maximum Gasteiger partial charge on any atom is 0.271 e. The highest BCUT2D eigenvalue weighted by molar-refractivity contribution is 6.31. The Morgan fingerprint density at radius 2 is 1.88 bits per heavy atom. The topological polar surface area (TPSA) is 89.5 Å². The number of nitrogens with zero attached hydrogens (tertiary/aromatic N) is 3. The molecular formula is C24H19ClN4O3. The number of hydrazone groups is 1. The van der Waals surface area contributed by atoms with Crippen molar-refractivity contribution in [2.45, 2.75) is 13.5 Å². The number of rotatable bonds is 6. The molecule has 0 atom stereocenters. The predicted octanol–water partition coefficient (Wildman–Crippen LogP) is 5.32. The van der Waals surface area contributed by atoms with Crippen LogP contribution in [-0.4, -0.2) is 21.6 Å². The van der Waals surface area contributed by atoms with Gasteiger partial charge in [-0.15, -0.1) is 0 Å². The molecule has 0 aliphatic carbocycles. The van der Waals surface area contributed by atoms with Crippen molar-refractivity contribution in [3.05, 3.63) is 110 Å². The number of fused-ring (bicyclic) bond motifs is 1. The highest BCUT2D eigenvalue weighted by atomic mass is 35.5. The molecule has 8 heteroatoms. The Kier molecular flexibility index (Phi) is 6.00. The lowest BCUT2D eigenvalue weighted by Crippen LogP contribution is -2.17. The monoisotopic (exact) mass is 446 g/mol. The van der Waals surface area contributed by atoms with Gasteiger partial charge in [-0.2, -0.15) is 5.10 Å². The first kappa shape index (κ1) is 21.3. The van der Waals surface area contributed by atoms with Crippen LogP contribution in [-0.2, 0) is 6.54 Å². The molecule has 3 aromatic carbocycles. The SMILES string of the molecule is Cc1c(C=NNC(=O)c2cccc([N+](=O)[O-])c2)c2ccccc2n1Cc1ccccc1Cl. The zero-order chi connectivity index (χ0) is 22.7. The number of carbonyl (C=O) groups is 1. The van der Waals surface area contributed by atoms with Crippen molar-refractivity contribution in [1.82, 2.24) is 9.99 Å². The van der Waals surface area contributed by atoms with E-state index in [4.69, 9.17) is 11.6 Å². The van der Waals surface area contributed by atoms with Gasteiger partial charge in [0, 0.05) is 51.4 Å². The van der Waals surface area contributed by atoms with Crippen molar-refractivity contribution in [2.75, 3.05) is 0 Å². The fourth-order valence-corrected chi connectivity index (χ4v) is 3.80. The van der Waals surface area contributed by atoms with E-state index in [9.17, 15) is 14.9 Å². The summed E-state index contributed by atoms with van der Waals surface area (Å²) in [4.78, 5) is 22.8. The van der Waals surface area contributed by atoms with Gasteiger partial charge in [0.05, 0.1) is 11.1 Å². The summed E-state index contributed by atoms with van der Waals surface area (Å²) in [6, 6.07) is 21.1. The molecule has 0 aliphatic heterocycles. The number of benzene rings is 3. The van der Waals surface area contributed by atoms with E-state index < -0.39 is 10.8 Å². The number of hydrogen-bond donors (Lipinski definition) is 1. The number of nitrogens with one attached hydrogen (secondary N) is 1. The first-order valence-electron chi connectivity index (χ1n) is 9.85. The smallest absolute Gasteiger partial charge is 0.271 e. The van der Waals surface area contributed by atoms with Gasteiger partial charge < -0.3 is 4.57 Å². The lowest BCUT2D eigenvalue weighted by atomic mass is 10.1. The lowest BCUT2D eigenvalue weighted by molar-refractivity contribution is -0.384. The summed E-state index contributed by atoms with van der Waals surface area (Å²) in [6.07, 6.45) is 1.59. The molecule has 32 heavy (non-hydrogen) atoms. The third kappa shape index (κ3) is 4.24. The standard InChI is InChI=1S/C24H19ClN4O3/c1-16-21(14-26-27-24(30)17-8-6-9-19(13-17)29(31)32)20-10-3-5-12-23(20)28(16)15-18-7-2-4-11-22(18)25/h2-14H,15H2,1H3,(H,27,30). The van der Waals surface area contributed by atoms with Gasteiger partial charge >= 0.3 is 0 Å². The van der Waals surface area contributed by atoms with Crippen LogP contribution in [0.5, 0.6) is 0 Å². The zero-order valence-electron chi connectivity index (χ0n) is 17.2. The van der Waals surface area contributed by atoms with Gasteiger partial charge in [0.2, 0.25) is 0 Å². The molecule has 160 valence electrons. The number of non-ortho nitro benzene ring substituents is 1. The number of aromatic nitrogens is 1. The number of carbonyl (C=O) groups excluding carboxylic acids is 1. The summed E-state index contributed by atoms with van der Waals surface area (Å²) in [5.74, 6) is -0.526. The van der Waals surface area contributed by atoms with Crippen LogP contribution in [0.2, 0.25) is 5.02 Å². The van der Waals surface area contributed by atoms with Gasteiger partial charge in [0.25, 0.3) is 11.6 Å². The summed E-state index contributed by atoms with van der Waals surface area (Å²) >= 11 is 6.36. The third-order valence-electron chi connectivity index (χ3n) is 5.24. The average molecular weight is 447 g/mol. The van der Waals surface area contributed by atoms with Gasteiger partial charge in [0.1, 0.15) is 0 Å². The summed E-state index contributed by atoms with van der Waals surface area (Å²) in [6.45, 7) is 2.58. The van der Waals surface area contributed by atoms with E-state index in [0.717, 1.165) is 27.7 Å². The van der Waals surface area contributed by atoms with Gasteiger partial charge in [0.15, 0.2) is 0 Å². The maximum atomic E-state index is 12.4. The Balaban J connectivity index is 1.62. The van der Waals surface area contributed by atoms with E-state index in [-0.39, 0.29) is 11.3 Å². The minimum Gasteiger partial charge on any atom is -0.340 e. The Bertz CT molecular complexity index is 1360. The number of hydrogen-bond acceptors (Lipinski definition) is 4. The van der Waals surface area contributed by atoms with Crippen LogP contribution in [0.15, 0.2) is 77.9 Å². The van der Waals surface area contributed by atoms with E-state index in [1.54, 1.807) is 6.21 Å². The van der Waals surface area contributed by atoms with E-state index in [1.807, 2.05) is 55.5 Å². The van der Waals surface area contributed by atoms with Crippen molar-refractivity contribution in [1.29, 1.82) is 0 Å². The minimum atomic E-state index is -0.544. The summed E-state index contributed by atoms with van der Waals surface area (Å²) in [5, 5.41) is 16.7. The van der Waals surface area contributed by atoms with Crippen molar-refractivity contribution < 1.29 is 9.72 Å². The van der Waals surface area contributed by atoms with E-state index in [1.165, 1.54) is 24.3 Å². The van der Waals surface area contributed by atoms with Crippen LogP contribution < -0.4 is 5.43 Å². The molecule has 0 spiro atoms. The predicted molar refractivity (Wildman–Crippen MR) is 125 cm³/mol. The van der Waals surface area contributed by atoms with E-state index >= 15 is 0 Å². The molecule has 1 heterocycles. The molecule has 0 fully saturated rings. The van der Waals surface area contributed by atoms with Crippen LogP contribution in [0.3, 0.4) is 0 Å². The second-order valence-corrected chi connectivity index (χ2v) is 7.61. The molecule has 0 saturated heterocycles. The number of nitro groups is 1. The Morgan fingerprint density at radius 3 is 2.66 bits per heavy atom. The fourth-order valence-electron chi connectivity index (χ4n) is 3.60. The van der Waals surface area contributed by atoms with E-state index in [2.05, 4.69) is 15.1 Å². The molecule has 0 unspecified atom stereocenters. The molecule has 0 radical (unpaired) electrons. The third-order valence-corrected chi connectivity index (χ3v) is 5.61. The van der Waals surface area contributed by atoms with Crippen molar-refractivity contribution in [3.63, 3.8) is 0 Å². The second-order valence-electron chi connectivity index (χ2n) is 7.20. The first-order chi connectivity index (χ1) is 15.5. The average Bonchev–Trinajstić information content (AvgIpc) is 3.06. The Labute approximate surface area is 189 Å². The molecule has 1 aromatic heterocycles. The van der Waals surface area contributed by atoms with Gasteiger partial charge in [-0.3, -0.25) is 14.9 Å². The largest absolute Gasteiger partial charge is 0.340 e. The fraction of sp³-hybridized carbons (Fsp3) is 0.0833. The quantitative estimate of drug-likeness (QED) is 0.247. The van der Waals surface area contributed by atoms with Crippen LogP contribution in [0.25, 0.3) is 10.9 Å². The lowest BCUT2D eigenvalue weighted by Gasteiger charge is -2.10. The number of nitro benzene ring substituents is 1. The highest BCUT2D eigenvalue weighted by Crippen LogP contribution is 2.27. The minimum absolute atomic E-state index is 0.153. The molecule has 4 aromatic rings. The number of halogens is 1. The van der Waals surface area contributed by atoms with Crippen LogP contribution in [0.1, 0.15) is 27.2 Å². The summed E-state index contributed by atoms with van der Waals surface area (Å²) in [5.41, 5.74) is 6.32. The van der Waals surface area contributed by atoms with Gasteiger partial charge in [-0.25, -0.2) is 5.43 Å². The second kappa shape index (κ2) is 9.03. The van der Waals surface area contributed by atoms with Crippen LogP contribution >= 0.6 is 11.6 Å². The molecule has 0 saturated carbocycles. The molecular weight excluding hydrogens is 428 g/mol. The first-order valence-corrected chi connectivity index (χ1v) is 10.2. The summed E-state index contributed by atoms with van der Waals surface area (Å²) < 4.78 is 2.15. The van der Waals surface area contributed by atoms with E-state index in [0.29, 0.717) is 11.6 Å². The van der Waals surface area contributed by atoms with Crippen molar-refractivity contribution >= 4 is 40.3 Å². The molecule has 1 amide bonds. The van der Waals surface area contributed by atoms with Crippen LogP contribution in [0.4, 0.5) is 5.69 Å².